The van der Waals surface area contributed by atoms with E-state index in [-0.39, 0.29) is 19.0 Å². The molecule has 0 aromatic rings. The lowest BCUT2D eigenvalue weighted by Crippen LogP contribution is -2.38. The SMILES string of the molecule is C/C=C(\C=C/C(C)N(C)CC(F)(F)CC)CC(N)CF.COC. The van der Waals surface area contributed by atoms with E-state index in [0.717, 1.165) is 5.57 Å². The van der Waals surface area contributed by atoms with Crippen LogP contribution in [0.25, 0.3) is 0 Å². The van der Waals surface area contributed by atoms with E-state index in [1.165, 1.54) is 6.92 Å². The topological polar surface area (TPSA) is 38.5 Å². The summed E-state index contributed by atoms with van der Waals surface area (Å²) in [5.74, 6) is -2.67. The Morgan fingerprint density at radius 2 is 1.87 bits per heavy atom. The molecule has 0 rings (SSSR count). The summed E-state index contributed by atoms with van der Waals surface area (Å²) in [7, 11) is 4.92. The molecule has 0 heterocycles. The van der Waals surface area contributed by atoms with Gasteiger partial charge in [-0.05, 0) is 27.3 Å². The quantitative estimate of drug-likeness (QED) is 0.650. The molecule has 0 bridgehead atoms. The molecular formula is C17H33F3N2O. The van der Waals surface area contributed by atoms with E-state index in [4.69, 9.17) is 5.73 Å². The molecule has 0 aliphatic carbocycles. The highest BCUT2D eigenvalue weighted by Crippen LogP contribution is 2.20. The smallest absolute Gasteiger partial charge is 0.260 e. The van der Waals surface area contributed by atoms with E-state index >= 15 is 0 Å². The normalized spacial score (nSPS) is 15.5. The Bertz CT molecular complexity index is 347. The predicted molar refractivity (Wildman–Crippen MR) is 91.7 cm³/mol. The molecule has 0 aliphatic rings. The van der Waals surface area contributed by atoms with Crippen molar-refractivity contribution in [3.8, 4) is 0 Å². The lowest BCUT2D eigenvalue weighted by atomic mass is 10.1. The van der Waals surface area contributed by atoms with Crippen molar-refractivity contribution in [2.45, 2.75) is 51.6 Å². The van der Waals surface area contributed by atoms with E-state index in [0.29, 0.717) is 6.42 Å². The molecule has 0 saturated heterocycles. The number of rotatable bonds is 9. The Hall–Kier alpha value is -0.850. The maximum absolute atomic E-state index is 13.3. The first kappa shape index (κ1) is 24.4. The van der Waals surface area contributed by atoms with Gasteiger partial charge in [0.2, 0.25) is 0 Å². The van der Waals surface area contributed by atoms with Gasteiger partial charge in [-0.2, -0.15) is 0 Å². The Balaban J connectivity index is 0. The molecule has 0 fully saturated rings. The minimum atomic E-state index is -2.67. The van der Waals surface area contributed by atoms with Crippen LogP contribution in [0.15, 0.2) is 23.8 Å². The van der Waals surface area contributed by atoms with Crippen LogP contribution in [0.5, 0.6) is 0 Å². The molecule has 2 atom stereocenters. The number of likely N-dealkylation sites (N-methyl/N-ethyl adjacent to an activating group) is 1. The first-order valence-electron chi connectivity index (χ1n) is 7.80. The monoisotopic (exact) mass is 338 g/mol. The summed E-state index contributed by atoms with van der Waals surface area (Å²) in [4.78, 5) is 1.60. The first-order valence-corrected chi connectivity index (χ1v) is 7.80. The van der Waals surface area contributed by atoms with Gasteiger partial charge in [-0.25, -0.2) is 13.2 Å². The van der Waals surface area contributed by atoms with Crippen molar-refractivity contribution in [2.24, 2.45) is 5.73 Å². The minimum absolute atomic E-state index is 0.121. The molecule has 0 amide bonds. The van der Waals surface area contributed by atoms with Gasteiger partial charge in [0.05, 0.1) is 6.54 Å². The zero-order valence-electron chi connectivity index (χ0n) is 15.3. The molecule has 0 radical (unpaired) electrons. The highest BCUT2D eigenvalue weighted by atomic mass is 19.3. The van der Waals surface area contributed by atoms with Crippen LogP contribution in [-0.2, 0) is 4.74 Å². The van der Waals surface area contributed by atoms with E-state index in [1.807, 2.05) is 32.1 Å². The van der Waals surface area contributed by atoms with Crippen LogP contribution in [0, 0.1) is 0 Å². The fourth-order valence-electron chi connectivity index (χ4n) is 1.67. The van der Waals surface area contributed by atoms with E-state index < -0.39 is 18.6 Å². The van der Waals surface area contributed by atoms with Gasteiger partial charge in [-0.1, -0.05) is 30.7 Å². The Morgan fingerprint density at radius 1 is 1.35 bits per heavy atom. The molecule has 0 aromatic heterocycles. The number of halogens is 3. The average Bonchev–Trinajstić information content (AvgIpc) is 2.50. The lowest BCUT2D eigenvalue weighted by Gasteiger charge is -2.26. The molecule has 6 heteroatoms. The van der Waals surface area contributed by atoms with Crippen LogP contribution in [0.4, 0.5) is 13.2 Å². The Labute approximate surface area is 139 Å². The second-order valence-electron chi connectivity index (χ2n) is 5.61. The zero-order valence-corrected chi connectivity index (χ0v) is 15.3. The number of ether oxygens (including phenoxy) is 1. The summed E-state index contributed by atoms with van der Waals surface area (Å²) in [6.45, 7) is 4.34. The van der Waals surface area contributed by atoms with Crippen molar-refractivity contribution in [3.63, 3.8) is 0 Å². The number of methoxy groups -OCH3 is 1. The van der Waals surface area contributed by atoms with Crippen LogP contribution in [-0.4, -0.2) is 57.4 Å². The molecule has 3 nitrogen and oxygen atoms in total. The summed E-state index contributed by atoms with van der Waals surface area (Å²) < 4.78 is 43.2. The molecular weight excluding hydrogens is 305 g/mol. The predicted octanol–water partition coefficient (Wildman–Crippen LogP) is 3.80. The number of nitrogens with zero attached hydrogens (tertiary/aromatic N) is 1. The maximum atomic E-state index is 13.3. The second kappa shape index (κ2) is 13.6. The summed E-state index contributed by atoms with van der Waals surface area (Å²) in [6, 6.07) is -0.632. The standard InChI is InChI=1S/C15H27F3N2.C2H6O/c1-5-13(9-14(19)10-16)8-7-12(3)20(4)11-15(17,18)6-2;1-3-2/h5,7-8,12,14H,6,9-11,19H2,1-4H3;1-2H3/b8-7-,13-5+;. The van der Waals surface area contributed by atoms with Gasteiger partial charge in [-0.3, -0.25) is 4.90 Å². The molecule has 2 unspecified atom stereocenters. The molecule has 0 spiro atoms. The summed E-state index contributed by atoms with van der Waals surface area (Å²) in [6.07, 6.45) is 5.82. The summed E-state index contributed by atoms with van der Waals surface area (Å²) in [5, 5.41) is 0. The number of hydrogen-bond donors (Lipinski definition) is 1. The number of hydrogen-bond acceptors (Lipinski definition) is 3. The fourth-order valence-corrected chi connectivity index (χ4v) is 1.67. The van der Waals surface area contributed by atoms with Crippen LogP contribution in [0.3, 0.4) is 0 Å². The van der Waals surface area contributed by atoms with Gasteiger partial charge >= 0.3 is 0 Å². The molecule has 0 aromatic carbocycles. The highest BCUT2D eigenvalue weighted by Gasteiger charge is 2.28. The number of nitrogens with two attached hydrogens (primary N) is 1. The van der Waals surface area contributed by atoms with Crippen molar-refractivity contribution in [1.82, 2.24) is 4.90 Å². The van der Waals surface area contributed by atoms with Gasteiger partial charge in [0.15, 0.2) is 0 Å². The average molecular weight is 338 g/mol. The third kappa shape index (κ3) is 13.3. The van der Waals surface area contributed by atoms with Crippen molar-refractivity contribution < 1.29 is 17.9 Å². The zero-order chi connectivity index (χ0) is 18.5. The van der Waals surface area contributed by atoms with Crippen LogP contribution < -0.4 is 5.73 Å². The molecule has 0 aliphatic heterocycles. The molecule has 23 heavy (non-hydrogen) atoms. The van der Waals surface area contributed by atoms with Crippen LogP contribution >= 0.6 is 0 Å². The van der Waals surface area contributed by atoms with Gasteiger partial charge in [-0.15, -0.1) is 0 Å². The third-order valence-electron chi connectivity index (χ3n) is 3.35. The largest absolute Gasteiger partial charge is 0.388 e. The van der Waals surface area contributed by atoms with E-state index in [1.54, 1.807) is 26.2 Å². The molecule has 2 N–H and O–H groups in total. The molecule has 0 saturated carbocycles. The first-order chi connectivity index (χ1) is 10.7. The minimum Gasteiger partial charge on any atom is -0.388 e. The Morgan fingerprint density at radius 3 is 2.26 bits per heavy atom. The van der Waals surface area contributed by atoms with Crippen molar-refractivity contribution in [1.29, 1.82) is 0 Å². The van der Waals surface area contributed by atoms with Gasteiger partial charge in [0.25, 0.3) is 5.92 Å². The van der Waals surface area contributed by atoms with Crippen LogP contribution in [0.1, 0.15) is 33.6 Å². The van der Waals surface area contributed by atoms with Gasteiger partial charge in [0, 0.05) is 32.7 Å². The maximum Gasteiger partial charge on any atom is 0.260 e. The van der Waals surface area contributed by atoms with Gasteiger partial charge < -0.3 is 10.5 Å². The lowest BCUT2D eigenvalue weighted by molar-refractivity contribution is -0.0334. The van der Waals surface area contributed by atoms with E-state index in [9.17, 15) is 13.2 Å². The number of allylic oxidation sites excluding steroid dienone is 2. The second-order valence-corrected chi connectivity index (χ2v) is 5.61. The summed E-state index contributed by atoms with van der Waals surface area (Å²) in [5.41, 5.74) is 6.47. The third-order valence-corrected chi connectivity index (χ3v) is 3.35. The summed E-state index contributed by atoms with van der Waals surface area (Å²) >= 11 is 0. The van der Waals surface area contributed by atoms with Crippen molar-refractivity contribution in [3.05, 3.63) is 23.8 Å². The van der Waals surface area contributed by atoms with Gasteiger partial charge in [0.1, 0.15) is 6.67 Å². The van der Waals surface area contributed by atoms with Crippen LogP contribution in [0.2, 0.25) is 0 Å². The van der Waals surface area contributed by atoms with Crippen molar-refractivity contribution in [2.75, 3.05) is 34.5 Å². The fraction of sp³-hybridized carbons (Fsp3) is 0.765. The molecule has 138 valence electrons. The van der Waals surface area contributed by atoms with E-state index in [2.05, 4.69) is 4.74 Å². The Kier molecular flexibility index (Phi) is 14.4. The highest BCUT2D eigenvalue weighted by molar-refractivity contribution is 5.20. The number of alkyl halides is 3. The van der Waals surface area contributed by atoms with Crippen molar-refractivity contribution >= 4 is 0 Å².